The lowest BCUT2D eigenvalue weighted by Gasteiger charge is -2.29. The van der Waals surface area contributed by atoms with Crippen LogP contribution in [0.3, 0.4) is 0 Å². The zero-order valence-electron chi connectivity index (χ0n) is 17.8. The quantitative estimate of drug-likeness (QED) is 0.578. The van der Waals surface area contributed by atoms with E-state index in [0.717, 1.165) is 10.9 Å². The number of rotatable bonds is 4. The topological polar surface area (TPSA) is 113 Å². The molecule has 1 saturated heterocycles. The number of nitrogens with zero attached hydrogens (tertiary/aromatic N) is 1. The Hall–Kier alpha value is -3.72. The van der Waals surface area contributed by atoms with Gasteiger partial charge in [-0.3, -0.25) is 24.4 Å². The Morgan fingerprint density at radius 1 is 1.00 bits per heavy atom. The highest BCUT2D eigenvalue weighted by molar-refractivity contribution is 7.93. The number of amides is 3. The smallest absolute Gasteiger partial charge is 0.262 e. The molecule has 3 aromatic carbocycles. The number of anilines is 1. The standard InChI is InChI=1S/C24H21N3O5S/c1-14-6-10-21(19-5-3-2-4-17(14)19)33(31,32)26-16-7-8-18-15(12-16)13-27(24(18)30)20-9-11-22(28)25-23(20)29/h2-8,10,12,20,26H,9,11,13H2,1H3,(H,25,28,29). The van der Waals surface area contributed by atoms with Gasteiger partial charge in [-0.2, -0.15) is 0 Å². The van der Waals surface area contributed by atoms with E-state index in [1.54, 1.807) is 42.5 Å². The van der Waals surface area contributed by atoms with Crippen molar-refractivity contribution in [1.82, 2.24) is 10.2 Å². The van der Waals surface area contributed by atoms with E-state index in [-0.39, 0.29) is 36.1 Å². The number of fused-ring (bicyclic) bond motifs is 2. The summed E-state index contributed by atoms with van der Waals surface area (Å²) in [6.07, 6.45) is 0.441. The third-order valence-corrected chi connectivity index (χ3v) is 7.61. The Labute approximate surface area is 190 Å². The molecule has 1 atom stereocenters. The molecular weight excluding hydrogens is 442 g/mol. The molecule has 1 fully saturated rings. The highest BCUT2D eigenvalue weighted by Crippen LogP contribution is 2.31. The van der Waals surface area contributed by atoms with Crippen LogP contribution in [0.1, 0.15) is 34.3 Å². The summed E-state index contributed by atoms with van der Waals surface area (Å²) in [4.78, 5) is 38.1. The SMILES string of the molecule is Cc1ccc(S(=O)(=O)Nc2ccc3c(c2)CN(C2CCC(=O)NC2=O)C3=O)c2ccccc12. The first kappa shape index (κ1) is 21.1. The van der Waals surface area contributed by atoms with Crippen molar-refractivity contribution < 1.29 is 22.8 Å². The van der Waals surface area contributed by atoms with Crippen molar-refractivity contribution >= 4 is 44.2 Å². The van der Waals surface area contributed by atoms with Crippen molar-refractivity contribution in [2.24, 2.45) is 0 Å². The minimum atomic E-state index is -3.89. The van der Waals surface area contributed by atoms with E-state index in [4.69, 9.17) is 0 Å². The summed E-state index contributed by atoms with van der Waals surface area (Å²) in [5.41, 5.74) is 2.35. The minimum absolute atomic E-state index is 0.170. The molecule has 168 valence electrons. The third kappa shape index (κ3) is 3.64. The lowest BCUT2D eigenvalue weighted by molar-refractivity contribution is -0.136. The summed E-state index contributed by atoms with van der Waals surface area (Å²) in [6, 6.07) is 14.7. The molecule has 5 rings (SSSR count). The largest absolute Gasteiger partial charge is 0.322 e. The molecule has 8 nitrogen and oxygen atoms in total. The molecule has 0 radical (unpaired) electrons. The fourth-order valence-corrected chi connectivity index (χ4v) is 5.77. The van der Waals surface area contributed by atoms with Crippen LogP contribution in [0.4, 0.5) is 5.69 Å². The number of aryl methyl sites for hydroxylation is 1. The first-order valence-corrected chi connectivity index (χ1v) is 12.0. The van der Waals surface area contributed by atoms with Crippen molar-refractivity contribution in [2.45, 2.75) is 37.2 Å². The molecule has 0 aromatic heterocycles. The Kier molecular flexibility index (Phi) is 4.93. The number of imide groups is 1. The lowest BCUT2D eigenvalue weighted by atomic mass is 10.0. The van der Waals surface area contributed by atoms with E-state index in [2.05, 4.69) is 10.0 Å². The van der Waals surface area contributed by atoms with Crippen LogP contribution in [0.15, 0.2) is 59.5 Å². The molecule has 3 aromatic rings. The Bertz CT molecular complexity index is 1450. The van der Waals surface area contributed by atoms with Crippen molar-refractivity contribution in [3.63, 3.8) is 0 Å². The molecule has 0 saturated carbocycles. The number of piperidine rings is 1. The van der Waals surface area contributed by atoms with E-state index in [1.165, 1.54) is 4.90 Å². The maximum atomic E-state index is 13.2. The van der Waals surface area contributed by atoms with E-state index >= 15 is 0 Å². The number of benzene rings is 3. The van der Waals surface area contributed by atoms with Crippen LogP contribution in [0, 0.1) is 6.92 Å². The van der Waals surface area contributed by atoms with Gasteiger partial charge >= 0.3 is 0 Å². The zero-order valence-corrected chi connectivity index (χ0v) is 18.6. The number of nitrogens with one attached hydrogen (secondary N) is 2. The monoisotopic (exact) mass is 463 g/mol. The summed E-state index contributed by atoms with van der Waals surface area (Å²) in [7, 11) is -3.89. The second-order valence-corrected chi connectivity index (χ2v) is 9.95. The molecule has 2 aliphatic rings. The number of sulfonamides is 1. The maximum absolute atomic E-state index is 13.2. The van der Waals surface area contributed by atoms with Crippen LogP contribution >= 0.6 is 0 Å². The van der Waals surface area contributed by atoms with Crippen molar-refractivity contribution in [3.8, 4) is 0 Å². The van der Waals surface area contributed by atoms with Crippen LogP contribution in [0.2, 0.25) is 0 Å². The van der Waals surface area contributed by atoms with Crippen LogP contribution < -0.4 is 10.0 Å². The normalized spacial score (nSPS) is 18.4. The van der Waals surface area contributed by atoms with Gasteiger partial charge in [-0.15, -0.1) is 0 Å². The van der Waals surface area contributed by atoms with Crippen LogP contribution in [0.25, 0.3) is 10.8 Å². The molecule has 1 unspecified atom stereocenters. The second-order valence-electron chi connectivity index (χ2n) is 8.30. The molecule has 2 heterocycles. The molecule has 0 bridgehead atoms. The molecule has 33 heavy (non-hydrogen) atoms. The van der Waals surface area contributed by atoms with E-state index in [1.807, 2.05) is 19.1 Å². The van der Waals surface area contributed by atoms with E-state index in [9.17, 15) is 22.8 Å². The molecule has 2 N–H and O–H groups in total. The van der Waals surface area contributed by atoms with Crippen molar-refractivity contribution in [2.75, 3.05) is 4.72 Å². The number of carbonyl (C=O) groups excluding carboxylic acids is 3. The lowest BCUT2D eigenvalue weighted by Crippen LogP contribution is -2.52. The summed E-state index contributed by atoms with van der Waals surface area (Å²) in [5, 5.41) is 3.76. The van der Waals surface area contributed by atoms with E-state index < -0.39 is 22.0 Å². The Morgan fingerprint density at radius 3 is 2.52 bits per heavy atom. The number of hydrogen-bond acceptors (Lipinski definition) is 5. The average Bonchev–Trinajstić information content (AvgIpc) is 3.09. The molecule has 9 heteroatoms. The van der Waals surface area contributed by atoms with Gasteiger partial charge in [0.2, 0.25) is 11.8 Å². The minimum Gasteiger partial charge on any atom is -0.322 e. The van der Waals surface area contributed by atoms with Gasteiger partial charge in [0, 0.05) is 29.6 Å². The number of carbonyl (C=O) groups is 3. The highest BCUT2D eigenvalue weighted by atomic mass is 32.2. The van der Waals surface area contributed by atoms with Crippen molar-refractivity contribution in [1.29, 1.82) is 0 Å². The summed E-state index contributed by atoms with van der Waals surface area (Å²) >= 11 is 0. The van der Waals surface area contributed by atoms with Gasteiger partial charge in [0.25, 0.3) is 15.9 Å². The van der Waals surface area contributed by atoms with E-state index in [0.29, 0.717) is 22.2 Å². The first-order valence-electron chi connectivity index (χ1n) is 10.5. The Morgan fingerprint density at radius 2 is 1.76 bits per heavy atom. The predicted octanol–water partition coefficient (Wildman–Crippen LogP) is 2.71. The summed E-state index contributed by atoms with van der Waals surface area (Å²) < 4.78 is 29.0. The summed E-state index contributed by atoms with van der Waals surface area (Å²) in [5.74, 6) is -1.14. The molecule has 0 spiro atoms. The van der Waals surface area contributed by atoms with Gasteiger partial charge in [0.15, 0.2) is 0 Å². The van der Waals surface area contributed by atoms with Crippen LogP contribution in [0.5, 0.6) is 0 Å². The predicted molar refractivity (Wildman–Crippen MR) is 122 cm³/mol. The zero-order chi connectivity index (χ0) is 23.3. The fourth-order valence-electron chi connectivity index (χ4n) is 4.50. The van der Waals surface area contributed by atoms with Gasteiger partial charge < -0.3 is 4.90 Å². The average molecular weight is 464 g/mol. The molecular formula is C24H21N3O5S. The molecule has 2 aliphatic heterocycles. The third-order valence-electron chi connectivity index (χ3n) is 6.17. The molecule has 3 amide bonds. The summed E-state index contributed by atoms with van der Waals surface area (Å²) in [6.45, 7) is 2.10. The van der Waals surface area contributed by atoms with Crippen LogP contribution in [-0.4, -0.2) is 37.1 Å². The second kappa shape index (κ2) is 7.70. The fraction of sp³-hybridized carbons (Fsp3) is 0.208. The Balaban J connectivity index is 1.43. The van der Waals surface area contributed by atoms with Gasteiger partial charge in [-0.05, 0) is 54.1 Å². The van der Waals surface area contributed by atoms with Gasteiger partial charge in [-0.25, -0.2) is 8.42 Å². The van der Waals surface area contributed by atoms with Crippen molar-refractivity contribution in [3.05, 3.63) is 71.3 Å². The number of hydrogen-bond donors (Lipinski definition) is 2. The van der Waals surface area contributed by atoms with Gasteiger partial charge in [0.1, 0.15) is 6.04 Å². The van der Waals surface area contributed by atoms with Crippen LogP contribution in [-0.2, 0) is 26.2 Å². The molecule has 0 aliphatic carbocycles. The van der Waals surface area contributed by atoms with Gasteiger partial charge in [-0.1, -0.05) is 30.3 Å². The van der Waals surface area contributed by atoms with Gasteiger partial charge in [0.05, 0.1) is 4.90 Å². The maximum Gasteiger partial charge on any atom is 0.262 e. The first-order chi connectivity index (χ1) is 15.7. The highest BCUT2D eigenvalue weighted by Gasteiger charge is 2.39.